The van der Waals surface area contributed by atoms with E-state index in [-0.39, 0.29) is 0 Å². The maximum absolute atomic E-state index is 2.45. The highest BCUT2D eigenvalue weighted by Crippen LogP contribution is 2.13. The Morgan fingerprint density at radius 1 is 0.611 bits per heavy atom. The first-order valence-electron chi connectivity index (χ1n) is 8.60. The van der Waals surface area contributed by atoms with Gasteiger partial charge in [0.15, 0.2) is 0 Å². The van der Waals surface area contributed by atoms with Crippen LogP contribution in [0.5, 0.6) is 0 Å². The number of unbranched alkanes of at least 4 members (excludes halogenated alkanes) is 12. The third-order valence-corrected chi connectivity index (χ3v) is 3.70. The maximum atomic E-state index is 2.45. The van der Waals surface area contributed by atoms with Crippen LogP contribution in [0.1, 0.15) is 104 Å². The van der Waals surface area contributed by atoms with Crippen LogP contribution in [-0.2, 0) is 0 Å². The van der Waals surface area contributed by atoms with Crippen LogP contribution in [0, 0.1) is 12.3 Å². The van der Waals surface area contributed by atoms with Crippen molar-refractivity contribution in [3.8, 4) is 0 Å². The average molecular weight is 253 g/mol. The zero-order valence-corrected chi connectivity index (χ0v) is 13.3. The van der Waals surface area contributed by atoms with Crippen LogP contribution in [0.3, 0.4) is 0 Å². The fraction of sp³-hybridized carbons (Fsp3) is 0.944. The minimum atomic E-state index is 0.776. The van der Waals surface area contributed by atoms with Crippen LogP contribution in [0.4, 0.5) is 0 Å². The van der Waals surface area contributed by atoms with Gasteiger partial charge in [-0.1, -0.05) is 97.8 Å². The summed E-state index contributed by atoms with van der Waals surface area (Å²) in [5, 5.41) is 0. The van der Waals surface area contributed by atoms with Crippen LogP contribution in [-0.4, -0.2) is 0 Å². The quantitative estimate of drug-likeness (QED) is 0.294. The van der Waals surface area contributed by atoms with E-state index < -0.39 is 0 Å². The van der Waals surface area contributed by atoms with Gasteiger partial charge in [-0.25, -0.2) is 0 Å². The Balaban J connectivity index is 2.90. The van der Waals surface area contributed by atoms with Gasteiger partial charge in [-0.3, -0.25) is 0 Å². The first kappa shape index (κ1) is 18.0. The Morgan fingerprint density at radius 2 is 1.00 bits per heavy atom. The normalized spacial score (nSPS) is 11.3. The van der Waals surface area contributed by atoms with Gasteiger partial charge < -0.3 is 0 Å². The van der Waals surface area contributed by atoms with Crippen LogP contribution in [0.2, 0.25) is 0 Å². The van der Waals surface area contributed by atoms with Crippen molar-refractivity contribution in [2.45, 2.75) is 104 Å². The molecule has 0 N–H and O–H groups in total. The lowest BCUT2D eigenvalue weighted by Gasteiger charge is -2.04. The fourth-order valence-corrected chi connectivity index (χ4v) is 2.44. The third kappa shape index (κ3) is 16.0. The van der Waals surface area contributed by atoms with Gasteiger partial charge in [0.25, 0.3) is 0 Å². The Kier molecular flexibility index (Phi) is 15.1. The highest BCUT2D eigenvalue weighted by molar-refractivity contribution is 4.68. The summed E-state index contributed by atoms with van der Waals surface area (Å²) in [6.07, 6.45) is 21.2. The zero-order valence-electron chi connectivity index (χ0n) is 13.3. The van der Waals surface area contributed by atoms with Gasteiger partial charge in [-0.05, 0) is 18.8 Å². The molecule has 0 aromatic heterocycles. The molecule has 0 nitrogen and oxygen atoms in total. The van der Waals surface area contributed by atoms with Crippen molar-refractivity contribution in [1.29, 1.82) is 0 Å². The molecule has 0 fully saturated rings. The second kappa shape index (κ2) is 15.1. The van der Waals surface area contributed by atoms with Crippen molar-refractivity contribution in [3.05, 3.63) is 6.42 Å². The highest BCUT2D eigenvalue weighted by Gasteiger charge is 1.95. The Morgan fingerprint density at radius 3 is 1.39 bits per heavy atom. The van der Waals surface area contributed by atoms with Gasteiger partial charge >= 0.3 is 0 Å². The highest BCUT2D eigenvalue weighted by atomic mass is 14.0. The van der Waals surface area contributed by atoms with E-state index in [2.05, 4.69) is 27.2 Å². The molecule has 0 aromatic rings. The Labute approximate surface area is 117 Å². The number of rotatable bonds is 14. The lowest BCUT2D eigenvalue weighted by Crippen LogP contribution is -1.88. The predicted octanol–water partition coefficient (Wildman–Crippen LogP) is 6.94. The van der Waals surface area contributed by atoms with Gasteiger partial charge in [-0.2, -0.15) is 0 Å². The van der Waals surface area contributed by atoms with Crippen molar-refractivity contribution in [3.63, 3.8) is 0 Å². The lowest BCUT2D eigenvalue weighted by atomic mass is 10.0. The molecule has 0 amide bonds. The van der Waals surface area contributed by atoms with Crippen molar-refractivity contribution in [2.75, 3.05) is 0 Å². The van der Waals surface area contributed by atoms with E-state index in [9.17, 15) is 0 Å². The minimum Gasteiger partial charge on any atom is -0.0654 e. The van der Waals surface area contributed by atoms with Gasteiger partial charge in [0.1, 0.15) is 0 Å². The van der Waals surface area contributed by atoms with Crippen molar-refractivity contribution >= 4 is 0 Å². The molecule has 0 unspecified atom stereocenters. The smallest absolute Gasteiger partial charge is 0.0360 e. The molecule has 0 aliphatic rings. The minimum absolute atomic E-state index is 0.776. The summed E-state index contributed by atoms with van der Waals surface area (Å²) in [5.41, 5.74) is 0. The molecule has 0 aliphatic carbocycles. The molecule has 0 saturated heterocycles. The van der Waals surface area contributed by atoms with E-state index in [1.807, 2.05) is 0 Å². The van der Waals surface area contributed by atoms with Crippen molar-refractivity contribution in [2.24, 2.45) is 5.92 Å². The number of hydrogen-bond donors (Lipinski definition) is 0. The zero-order chi connectivity index (χ0) is 13.5. The second-order valence-electron chi connectivity index (χ2n) is 6.16. The monoisotopic (exact) mass is 253 g/mol. The predicted molar refractivity (Wildman–Crippen MR) is 84.8 cm³/mol. The van der Waals surface area contributed by atoms with E-state index in [0.29, 0.717) is 0 Å². The SMILES string of the molecule is CCCCCCCCCCCCCC[CH]C(C)C. The van der Waals surface area contributed by atoms with Crippen LogP contribution in [0.15, 0.2) is 0 Å². The maximum Gasteiger partial charge on any atom is -0.0360 e. The summed E-state index contributed by atoms with van der Waals surface area (Å²) < 4.78 is 0. The Bertz CT molecular complexity index is 137. The molecule has 0 aromatic carbocycles. The van der Waals surface area contributed by atoms with E-state index >= 15 is 0 Å². The fourth-order valence-electron chi connectivity index (χ4n) is 2.44. The topological polar surface area (TPSA) is 0 Å². The summed E-state index contributed by atoms with van der Waals surface area (Å²) in [4.78, 5) is 0. The van der Waals surface area contributed by atoms with E-state index in [1.165, 1.54) is 83.5 Å². The van der Waals surface area contributed by atoms with Gasteiger partial charge in [0.2, 0.25) is 0 Å². The molecule has 0 rings (SSSR count). The largest absolute Gasteiger partial charge is 0.0654 e. The molecule has 1 radical (unpaired) electrons. The molecule has 0 saturated carbocycles. The summed E-state index contributed by atoms with van der Waals surface area (Å²) in [6, 6.07) is 0. The number of hydrogen-bond acceptors (Lipinski definition) is 0. The van der Waals surface area contributed by atoms with Gasteiger partial charge in [0.05, 0.1) is 0 Å². The molecule has 0 heteroatoms. The molecule has 0 heterocycles. The standard InChI is InChI=1S/C18H37/c1-4-5-6-7-8-9-10-11-12-13-14-15-16-17-18(2)3/h17-18H,4-16H2,1-3H3. The van der Waals surface area contributed by atoms with E-state index in [0.717, 1.165) is 5.92 Å². The summed E-state index contributed by atoms with van der Waals surface area (Å²) in [7, 11) is 0. The van der Waals surface area contributed by atoms with Crippen molar-refractivity contribution < 1.29 is 0 Å². The van der Waals surface area contributed by atoms with Crippen molar-refractivity contribution in [1.82, 2.24) is 0 Å². The van der Waals surface area contributed by atoms with Gasteiger partial charge in [0, 0.05) is 0 Å². The lowest BCUT2D eigenvalue weighted by molar-refractivity contribution is 0.539. The van der Waals surface area contributed by atoms with Crippen LogP contribution >= 0.6 is 0 Å². The molecule has 0 bridgehead atoms. The third-order valence-electron chi connectivity index (χ3n) is 3.70. The summed E-state index contributed by atoms with van der Waals surface area (Å²) >= 11 is 0. The Hall–Kier alpha value is 0. The molecule has 0 atom stereocenters. The molecule has 109 valence electrons. The molecule has 0 spiro atoms. The first-order valence-corrected chi connectivity index (χ1v) is 8.60. The summed E-state index contributed by atoms with van der Waals surface area (Å²) in [5.74, 6) is 0.776. The van der Waals surface area contributed by atoms with E-state index in [1.54, 1.807) is 0 Å². The van der Waals surface area contributed by atoms with Crippen LogP contribution in [0.25, 0.3) is 0 Å². The van der Waals surface area contributed by atoms with Gasteiger partial charge in [-0.15, -0.1) is 0 Å². The molecular formula is C18H37. The first-order chi connectivity index (χ1) is 8.77. The average Bonchev–Trinajstić information content (AvgIpc) is 2.34. The second-order valence-corrected chi connectivity index (χ2v) is 6.16. The molecule has 18 heavy (non-hydrogen) atoms. The van der Waals surface area contributed by atoms with Crippen LogP contribution < -0.4 is 0 Å². The molecular weight excluding hydrogens is 216 g/mol. The molecule has 0 aliphatic heterocycles. The summed E-state index contributed by atoms with van der Waals surface area (Å²) in [6.45, 7) is 6.85. The van der Waals surface area contributed by atoms with E-state index in [4.69, 9.17) is 0 Å².